The summed E-state index contributed by atoms with van der Waals surface area (Å²) in [4.78, 5) is 2.57. The highest BCUT2D eigenvalue weighted by molar-refractivity contribution is 4.98. The molecule has 0 bridgehead atoms. The van der Waals surface area contributed by atoms with Gasteiger partial charge in [-0.25, -0.2) is 0 Å². The number of rotatable bonds is 3. The fourth-order valence-corrected chi connectivity index (χ4v) is 2.46. The van der Waals surface area contributed by atoms with Gasteiger partial charge < -0.3 is 14.6 Å². The fraction of sp³-hybridized carbons (Fsp3) is 0.714. The first-order valence-corrected chi connectivity index (χ1v) is 6.75. The van der Waals surface area contributed by atoms with Crippen molar-refractivity contribution in [3.05, 3.63) is 24.2 Å². The SMILES string of the molecule is CC1CCN(CCc2ccco2)CCC(C)N1. The number of hydrogen-bond donors (Lipinski definition) is 1. The van der Waals surface area contributed by atoms with Crippen molar-refractivity contribution in [2.24, 2.45) is 0 Å². The first-order valence-electron chi connectivity index (χ1n) is 6.75. The van der Waals surface area contributed by atoms with Crippen molar-refractivity contribution in [3.8, 4) is 0 Å². The highest BCUT2D eigenvalue weighted by Crippen LogP contribution is 2.08. The molecule has 96 valence electrons. The van der Waals surface area contributed by atoms with E-state index in [9.17, 15) is 0 Å². The van der Waals surface area contributed by atoms with Gasteiger partial charge in [-0.3, -0.25) is 0 Å². The van der Waals surface area contributed by atoms with Crippen molar-refractivity contribution in [3.63, 3.8) is 0 Å². The highest BCUT2D eigenvalue weighted by Gasteiger charge is 2.15. The van der Waals surface area contributed by atoms with Gasteiger partial charge in [0, 0.05) is 25.0 Å². The molecule has 1 saturated heterocycles. The third-order valence-electron chi connectivity index (χ3n) is 3.58. The van der Waals surface area contributed by atoms with Gasteiger partial charge in [-0.2, -0.15) is 0 Å². The Hall–Kier alpha value is -0.800. The average Bonchev–Trinajstić information content (AvgIpc) is 2.78. The summed E-state index contributed by atoms with van der Waals surface area (Å²) in [7, 11) is 0. The van der Waals surface area contributed by atoms with Crippen molar-refractivity contribution in [2.45, 2.75) is 45.2 Å². The first-order chi connectivity index (χ1) is 8.24. The molecule has 0 saturated carbocycles. The van der Waals surface area contributed by atoms with E-state index in [2.05, 4.69) is 30.1 Å². The predicted molar refractivity (Wildman–Crippen MR) is 70.1 cm³/mol. The molecular weight excluding hydrogens is 212 g/mol. The van der Waals surface area contributed by atoms with Crippen LogP contribution in [0, 0.1) is 0 Å². The van der Waals surface area contributed by atoms with E-state index in [0.29, 0.717) is 12.1 Å². The van der Waals surface area contributed by atoms with Crippen molar-refractivity contribution in [1.82, 2.24) is 10.2 Å². The Morgan fingerprint density at radius 3 is 2.59 bits per heavy atom. The first kappa shape index (κ1) is 12.7. The van der Waals surface area contributed by atoms with Crippen LogP contribution >= 0.6 is 0 Å². The average molecular weight is 236 g/mol. The van der Waals surface area contributed by atoms with E-state index in [-0.39, 0.29) is 0 Å². The van der Waals surface area contributed by atoms with Crippen LogP contribution in [0.1, 0.15) is 32.4 Å². The Morgan fingerprint density at radius 1 is 1.29 bits per heavy atom. The van der Waals surface area contributed by atoms with Crippen LogP contribution < -0.4 is 5.32 Å². The zero-order valence-electron chi connectivity index (χ0n) is 11.0. The normalized spacial score (nSPS) is 27.6. The van der Waals surface area contributed by atoms with Gasteiger partial charge in [-0.1, -0.05) is 0 Å². The van der Waals surface area contributed by atoms with Crippen LogP contribution in [0.15, 0.2) is 22.8 Å². The minimum Gasteiger partial charge on any atom is -0.469 e. The monoisotopic (exact) mass is 236 g/mol. The lowest BCUT2D eigenvalue weighted by atomic mass is 10.1. The third kappa shape index (κ3) is 4.17. The molecule has 0 radical (unpaired) electrons. The van der Waals surface area contributed by atoms with E-state index in [1.54, 1.807) is 6.26 Å². The van der Waals surface area contributed by atoms with Crippen LogP contribution in [0.4, 0.5) is 0 Å². The third-order valence-corrected chi connectivity index (χ3v) is 3.58. The fourth-order valence-electron chi connectivity index (χ4n) is 2.46. The molecule has 2 rings (SSSR count). The smallest absolute Gasteiger partial charge is 0.105 e. The Bertz CT molecular complexity index is 298. The maximum absolute atomic E-state index is 5.38. The molecule has 1 aromatic heterocycles. The summed E-state index contributed by atoms with van der Waals surface area (Å²) in [5.74, 6) is 1.10. The maximum Gasteiger partial charge on any atom is 0.105 e. The molecule has 1 fully saturated rings. The Labute approximate surface area is 104 Å². The summed E-state index contributed by atoms with van der Waals surface area (Å²) < 4.78 is 5.38. The molecule has 3 nitrogen and oxygen atoms in total. The van der Waals surface area contributed by atoms with Crippen LogP contribution in [-0.2, 0) is 6.42 Å². The molecule has 2 unspecified atom stereocenters. The number of furan rings is 1. The van der Waals surface area contributed by atoms with Crippen molar-refractivity contribution >= 4 is 0 Å². The molecule has 1 aliphatic heterocycles. The highest BCUT2D eigenvalue weighted by atomic mass is 16.3. The van der Waals surface area contributed by atoms with Gasteiger partial charge in [0.25, 0.3) is 0 Å². The summed E-state index contributed by atoms with van der Waals surface area (Å²) in [5, 5.41) is 3.63. The van der Waals surface area contributed by atoms with Gasteiger partial charge in [0.05, 0.1) is 6.26 Å². The van der Waals surface area contributed by atoms with Crippen LogP contribution in [-0.4, -0.2) is 36.6 Å². The van der Waals surface area contributed by atoms with E-state index in [1.165, 1.54) is 25.9 Å². The van der Waals surface area contributed by atoms with E-state index >= 15 is 0 Å². The molecular formula is C14H24N2O. The predicted octanol–water partition coefficient (Wildman–Crippen LogP) is 2.28. The summed E-state index contributed by atoms with van der Waals surface area (Å²) in [6.07, 6.45) is 5.27. The van der Waals surface area contributed by atoms with Gasteiger partial charge in [-0.05, 0) is 51.9 Å². The standard InChI is InChI=1S/C14H24N2O/c1-12-5-8-16(9-6-13(2)15-12)10-7-14-4-3-11-17-14/h3-4,11-13,15H,5-10H2,1-2H3. The van der Waals surface area contributed by atoms with Crippen LogP contribution in [0.2, 0.25) is 0 Å². The van der Waals surface area contributed by atoms with Crippen LogP contribution in [0.25, 0.3) is 0 Å². The molecule has 1 aromatic rings. The summed E-state index contributed by atoms with van der Waals surface area (Å²) in [5.41, 5.74) is 0. The molecule has 3 heteroatoms. The quantitative estimate of drug-likeness (QED) is 0.873. The van der Waals surface area contributed by atoms with Crippen LogP contribution in [0.5, 0.6) is 0 Å². The lowest BCUT2D eigenvalue weighted by molar-refractivity contribution is 0.217. The van der Waals surface area contributed by atoms with E-state index in [1.807, 2.05) is 6.07 Å². The minimum absolute atomic E-state index is 0.636. The van der Waals surface area contributed by atoms with Gasteiger partial charge in [-0.15, -0.1) is 0 Å². The molecule has 1 N–H and O–H groups in total. The lowest BCUT2D eigenvalue weighted by Gasteiger charge is -2.30. The van der Waals surface area contributed by atoms with Gasteiger partial charge in [0.15, 0.2) is 0 Å². The molecule has 2 heterocycles. The van der Waals surface area contributed by atoms with E-state index in [0.717, 1.165) is 18.7 Å². The largest absolute Gasteiger partial charge is 0.469 e. The second-order valence-corrected chi connectivity index (χ2v) is 5.22. The van der Waals surface area contributed by atoms with Crippen LogP contribution in [0.3, 0.4) is 0 Å². The zero-order chi connectivity index (χ0) is 12.1. The van der Waals surface area contributed by atoms with E-state index in [4.69, 9.17) is 4.42 Å². The molecule has 1 aliphatic rings. The number of nitrogens with one attached hydrogen (secondary N) is 1. The topological polar surface area (TPSA) is 28.4 Å². The minimum atomic E-state index is 0.636. The number of hydrogen-bond acceptors (Lipinski definition) is 3. The molecule has 0 amide bonds. The molecule has 0 spiro atoms. The molecule has 0 aromatic carbocycles. The van der Waals surface area contributed by atoms with Gasteiger partial charge >= 0.3 is 0 Å². The molecule has 2 atom stereocenters. The zero-order valence-corrected chi connectivity index (χ0v) is 11.0. The van der Waals surface area contributed by atoms with E-state index < -0.39 is 0 Å². The molecule has 17 heavy (non-hydrogen) atoms. The van der Waals surface area contributed by atoms with Gasteiger partial charge in [0.1, 0.15) is 5.76 Å². The summed E-state index contributed by atoms with van der Waals surface area (Å²) in [6.45, 7) is 8.08. The second kappa shape index (κ2) is 6.22. The van der Waals surface area contributed by atoms with Crippen molar-refractivity contribution in [1.29, 1.82) is 0 Å². The second-order valence-electron chi connectivity index (χ2n) is 5.22. The number of nitrogens with zero attached hydrogens (tertiary/aromatic N) is 1. The maximum atomic E-state index is 5.38. The van der Waals surface area contributed by atoms with Crippen molar-refractivity contribution in [2.75, 3.05) is 19.6 Å². The Balaban J connectivity index is 1.78. The summed E-state index contributed by atoms with van der Waals surface area (Å²) >= 11 is 0. The van der Waals surface area contributed by atoms with Crippen molar-refractivity contribution < 1.29 is 4.42 Å². The Morgan fingerprint density at radius 2 is 2.00 bits per heavy atom. The lowest BCUT2D eigenvalue weighted by Crippen LogP contribution is -2.43. The molecule has 0 aliphatic carbocycles. The Kier molecular flexibility index (Phi) is 4.63. The summed E-state index contributed by atoms with van der Waals surface area (Å²) in [6, 6.07) is 5.31. The van der Waals surface area contributed by atoms with Gasteiger partial charge in [0.2, 0.25) is 0 Å².